The molecule has 1 aliphatic heterocycles. The molecule has 4 rings (SSSR count). The summed E-state index contributed by atoms with van der Waals surface area (Å²) < 4.78 is 27.9. The maximum absolute atomic E-state index is 14.2. The topological polar surface area (TPSA) is 58.7 Å². The molecule has 1 aromatic heterocycles. The van der Waals surface area contributed by atoms with Gasteiger partial charge in [0.25, 0.3) is 5.91 Å². The van der Waals surface area contributed by atoms with Crippen molar-refractivity contribution < 1.29 is 13.6 Å². The van der Waals surface area contributed by atoms with Crippen LogP contribution < -0.4 is 5.73 Å². The minimum absolute atomic E-state index is 0.105. The lowest BCUT2D eigenvalue weighted by atomic mass is 9.83. The van der Waals surface area contributed by atoms with E-state index in [1.165, 1.54) is 16.2 Å². The molecule has 0 bridgehead atoms. The predicted molar refractivity (Wildman–Crippen MR) is 101 cm³/mol. The van der Waals surface area contributed by atoms with E-state index in [2.05, 4.69) is 4.99 Å². The van der Waals surface area contributed by atoms with Crippen LogP contribution in [0.4, 0.5) is 8.78 Å². The lowest BCUT2D eigenvalue weighted by Crippen LogP contribution is -2.40. The smallest absolute Gasteiger partial charge is 0.266 e. The first-order chi connectivity index (χ1) is 12.9. The van der Waals surface area contributed by atoms with E-state index in [9.17, 15) is 13.6 Å². The molecule has 0 spiro atoms. The Hall–Kier alpha value is -3.06. The first kappa shape index (κ1) is 17.4. The molecule has 1 aliphatic rings. The number of carbonyl (C=O) groups excluding carboxylic acids is 1. The molecule has 2 aromatic carbocycles. The SMILES string of the molecule is CN1C(=O)C(c2ccsc2)(c2cccc(-c3cc(F)ccc3F)c2)N=C1N. The Morgan fingerprint density at radius 2 is 1.93 bits per heavy atom. The average molecular weight is 383 g/mol. The number of likely N-dealkylation sites (N-methyl/N-ethyl adjacent to an activating group) is 1. The van der Waals surface area contributed by atoms with Gasteiger partial charge in [0.1, 0.15) is 11.6 Å². The summed E-state index contributed by atoms with van der Waals surface area (Å²) >= 11 is 1.44. The molecule has 27 heavy (non-hydrogen) atoms. The fourth-order valence-electron chi connectivity index (χ4n) is 3.28. The minimum Gasteiger partial charge on any atom is -0.369 e. The van der Waals surface area contributed by atoms with Gasteiger partial charge in [0.15, 0.2) is 11.5 Å². The summed E-state index contributed by atoms with van der Waals surface area (Å²) in [5.74, 6) is -1.27. The number of guanidine groups is 1. The van der Waals surface area contributed by atoms with Gasteiger partial charge in [0, 0.05) is 18.2 Å². The van der Waals surface area contributed by atoms with E-state index in [-0.39, 0.29) is 17.4 Å². The number of benzene rings is 2. The van der Waals surface area contributed by atoms with E-state index >= 15 is 0 Å². The Bertz CT molecular complexity index is 1060. The first-order valence-corrected chi connectivity index (χ1v) is 9.10. The summed E-state index contributed by atoms with van der Waals surface area (Å²) in [6.07, 6.45) is 0. The van der Waals surface area contributed by atoms with Crippen LogP contribution in [0.15, 0.2) is 64.3 Å². The molecular formula is C20H15F2N3OS. The second kappa shape index (κ2) is 6.28. The Morgan fingerprint density at radius 1 is 1.11 bits per heavy atom. The third-order valence-electron chi connectivity index (χ3n) is 4.70. The summed E-state index contributed by atoms with van der Waals surface area (Å²) in [4.78, 5) is 18.9. The van der Waals surface area contributed by atoms with Crippen molar-refractivity contribution in [2.24, 2.45) is 10.7 Å². The fraction of sp³-hybridized carbons (Fsp3) is 0.100. The maximum Gasteiger partial charge on any atom is 0.266 e. The van der Waals surface area contributed by atoms with Gasteiger partial charge in [-0.3, -0.25) is 9.69 Å². The highest BCUT2D eigenvalue weighted by Crippen LogP contribution is 2.41. The molecule has 0 aliphatic carbocycles. The number of nitrogens with two attached hydrogens (primary N) is 1. The molecule has 0 fully saturated rings. The number of halogens is 2. The van der Waals surface area contributed by atoms with Gasteiger partial charge >= 0.3 is 0 Å². The molecule has 2 heterocycles. The molecule has 0 radical (unpaired) electrons. The molecule has 2 N–H and O–H groups in total. The lowest BCUT2D eigenvalue weighted by molar-refractivity contribution is -0.129. The predicted octanol–water partition coefficient (Wildman–Crippen LogP) is 3.72. The molecule has 1 amide bonds. The number of hydrogen-bond acceptors (Lipinski definition) is 4. The Balaban J connectivity index is 1.94. The maximum atomic E-state index is 14.2. The van der Waals surface area contributed by atoms with Crippen molar-refractivity contribution in [2.45, 2.75) is 5.54 Å². The van der Waals surface area contributed by atoms with Crippen molar-refractivity contribution in [2.75, 3.05) is 7.05 Å². The van der Waals surface area contributed by atoms with Crippen molar-refractivity contribution in [3.63, 3.8) is 0 Å². The number of aliphatic imine (C=N–C) groups is 1. The second-order valence-electron chi connectivity index (χ2n) is 6.26. The van der Waals surface area contributed by atoms with Gasteiger partial charge in [-0.15, -0.1) is 0 Å². The number of carbonyl (C=O) groups is 1. The Morgan fingerprint density at radius 3 is 2.59 bits per heavy atom. The third kappa shape index (κ3) is 2.62. The van der Waals surface area contributed by atoms with E-state index in [1.54, 1.807) is 31.3 Å². The van der Waals surface area contributed by atoms with Gasteiger partial charge in [-0.1, -0.05) is 18.2 Å². The molecule has 4 nitrogen and oxygen atoms in total. The summed E-state index contributed by atoms with van der Waals surface area (Å²) in [5, 5.41) is 3.69. The number of amides is 1. The number of rotatable bonds is 3. The highest BCUT2D eigenvalue weighted by atomic mass is 32.1. The van der Waals surface area contributed by atoms with Crippen molar-refractivity contribution in [1.29, 1.82) is 0 Å². The summed E-state index contributed by atoms with van der Waals surface area (Å²) in [7, 11) is 1.56. The number of nitrogens with zero attached hydrogens (tertiary/aromatic N) is 2. The zero-order valence-electron chi connectivity index (χ0n) is 14.3. The van der Waals surface area contributed by atoms with E-state index < -0.39 is 17.2 Å². The molecular weight excluding hydrogens is 368 g/mol. The van der Waals surface area contributed by atoms with Gasteiger partial charge in [0.05, 0.1) is 0 Å². The first-order valence-electron chi connectivity index (χ1n) is 8.15. The zero-order chi connectivity index (χ0) is 19.2. The van der Waals surface area contributed by atoms with Crippen LogP contribution in [0.5, 0.6) is 0 Å². The third-order valence-corrected chi connectivity index (χ3v) is 5.38. The Labute approximate surface area is 158 Å². The normalized spacial score (nSPS) is 19.4. The summed E-state index contributed by atoms with van der Waals surface area (Å²) in [5.41, 5.74) is 6.39. The van der Waals surface area contributed by atoms with Crippen LogP contribution in [0.3, 0.4) is 0 Å². The van der Waals surface area contributed by atoms with Gasteiger partial charge in [-0.25, -0.2) is 13.8 Å². The highest BCUT2D eigenvalue weighted by molar-refractivity contribution is 7.08. The van der Waals surface area contributed by atoms with Gasteiger partial charge in [0.2, 0.25) is 0 Å². The van der Waals surface area contributed by atoms with Crippen molar-refractivity contribution >= 4 is 23.2 Å². The minimum atomic E-state index is -1.33. The summed E-state index contributed by atoms with van der Waals surface area (Å²) in [6, 6.07) is 11.8. The van der Waals surface area contributed by atoms with Crippen LogP contribution in [0.25, 0.3) is 11.1 Å². The van der Waals surface area contributed by atoms with Gasteiger partial charge < -0.3 is 5.73 Å². The van der Waals surface area contributed by atoms with Crippen LogP contribution in [-0.4, -0.2) is 23.8 Å². The molecule has 1 unspecified atom stereocenters. The molecule has 1 atom stereocenters. The zero-order valence-corrected chi connectivity index (χ0v) is 15.1. The van der Waals surface area contributed by atoms with E-state index in [4.69, 9.17) is 5.73 Å². The standard InChI is InChI=1S/C20H15F2N3OS/c1-25-18(26)20(24-19(25)23,14-7-8-27-11-14)13-4-2-3-12(9-13)16-10-15(21)5-6-17(16)22/h2-11H,1H3,(H2,23,24). The van der Waals surface area contributed by atoms with E-state index in [1.807, 2.05) is 16.8 Å². The van der Waals surface area contributed by atoms with Crippen molar-refractivity contribution in [3.05, 3.63) is 82.1 Å². The second-order valence-corrected chi connectivity index (χ2v) is 7.04. The molecule has 0 saturated heterocycles. The van der Waals surface area contributed by atoms with Crippen LogP contribution in [-0.2, 0) is 10.3 Å². The number of hydrogen-bond donors (Lipinski definition) is 1. The molecule has 0 saturated carbocycles. The monoisotopic (exact) mass is 383 g/mol. The van der Waals surface area contributed by atoms with E-state index in [0.717, 1.165) is 18.2 Å². The van der Waals surface area contributed by atoms with Crippen molar-refractivity contribution in [3.8, 4) is 11.1 Å². The highest BCUT2D eigenvalue weighted by Gasteiger charge is 2.49. The molecule has 7 heteroatoms. The van der Waals surface area contributed by atoms with Crippen LogP contribution in [0.2, 0.25) is 0 Å². The Kier molecular flexibility index (Phi) is 4.04. The largest absolute Gasteiger partial charge is 0.369 e. The summed E-state index contributed by atoms with van der Waals surface area (Å²) in [6.45, 7) is 0. The molecule has 136 valence electrons. The van der Waals surface area contributed by atoms with Gasteiger partial charge in [-0.05, 0) is 52.2 Å². The lowest BCUT2D eigenvalue weighted by Gasteiger charge is -2.25. The quantitative estimate of drug-likeness (QED) is 0.749. The van der Waals surface area contributed by atoms with Crippen LogP contribution in [0, 0.1) is 11.6 Å². The van der Waals surface area contributed by atoms with Crippen LogP contribution in [0.1, 0.15) is 11.1 Å². The molecule has 3 aromatic rings. The van der Waals surface area contributed by atoms with Crippen molar-refractivity contribution in [1.82, 2.24) is 4.90 Å². The van der Waals surface area contributed by atoms with Gasteiger partial charge in [-0.2, -0.15) is 11.3 Å². The van der Waals surface area contributed by atoms with E-state index in [0.29, 0.717) is 16.7 Å². The average Bonchev–Trinajstić information content (AvgIpc) is 3.28. The number of thiophene rings is 1. The van der Waals surface area contributed by atoms with Crippen LogP contribution >= 0.6 is 11.3 Å². The fourth-order valence-corrected chi connectivity index (χ4v) is 3.98.